The van der Waals surface area contributed by atoms with Crippen molar-refractivity contribution in [3.63, 3.8) is 0 Å². The smallest absolute Gasteiger partial charge is 0.0198 e. The lowest BCUT2D eigenvalue weighted by Crippen LogP contribution is -2.03. The first-order valence-corrected chi connectivity index (χ1v) is 3.15. The van der Waals surface area contributed by atoms with Crippen LogP contribution < -0.4 is 0 Å². The van der Waals surface area contributed by atoms with E-state index in [-0.39, 0.29) is 0 Å². The van der Waals surface area contributed by atoms with Crippen LogP contribution in [0.5, 0.6) is 0 Å². The molecule has 0 amide bonds. The van der Waals surface area contributed by atoms with Gasteiger partial charge < -0.3 is 0 Å². The molecule has 0 bridgehead atoms. The Labute approximate surface area is 50.9 Å². The third-order valence-electron chi connectivity index (χ3n) is 1.77. The predicted octanol–water partition coefficient (Wildman–Crippen LogP) is 2.38. The van der Waals surface area contributed by atoms with Crippen LogP contribution in [-0.4, -0.2) is 0 Å². The minimum absolute atomic E-state index is 0.736. The molecular formula is C8H12. The molecule has 1 aliphatic carbocycles. The maximum absolute atomic E-state index is 2.24. The van der Waals surface area contributed by atoms with Gasteiger partial charge >= 0.3 is 0 Å². The molecule has 0 aromatic carbocycles. The molecule has 1 aliphatic rings. The Morgan fingerprint density at radius 3 is 1.50 bits per heavy atom. The molecule has 0 aromatic rings. The van der Waals surface area contributed by atoms with Crippen molar-refractivity contribution in [1.82, 2.24) is 0 Å². The van der Waals surface area contributed by atoms with Crippen molar-refractivity contribution >= 4 is 0 Å². The second-order valence-corrected chi connectivity index (χ2v) is 2.49. The van der Waals surface area contributed by atoms with Crippen LogP contribution in [0.15, 0.2) is 24.3 Å². The van der Waals surface area contributed by atoms with Crippen LogP contribution in [-0.2, 0) is 0 Å². The third kappa shape index (κ3) is 1.00. The molecule has 0 aliphatic heterocycles. The molecule has 2 atom stereocenters. The van der Waals surface area contributed by atoms with E-state index in [0.29, 0.717) is 0 Å². The van der Waals surface area contributed by atoms with Crippen molar-refractivity contribution in [3.8, 4) is 0 Å². The lowest BCUT2D eigenvalue weighted by molar-refractivity contribution is 0.552. The zero-order valence-electron chi connectivity index (χ0n) is 5.46. The van der Waals surface area contributed by atoms with E-state index in [2.05, 4.69) is 38.2 Å². The largest absolute Gasteiger partial charge is 0.0811 e. The number of hydrogen-bond acceptors (Lipinski definition) is 0. The zero-order valence-corrected chi connectivity index (χ0v) is 5.46. The number of hydrogen-bond donors (Lipinski definition) is 0. The number of rotatable bonds is 0. The first kappa shape index (κ1) is 5.61. The van der Waals surface area contributed by atoms with Gasteiger partial charge in [-0.05, 0) is 11.8 Å². The molecule has 8 heavy (non-hydrogen) atoms. The molecule has 0 nitrogen and oxygen atoms in total. The lowest BCUT2D eigenvalue weighted by Gasteiger charge is -2.13. The van der Waals surface area contributed by atoms with Gasteiger partial charge in [0.2, 0.25) is 0 Å². The molecule has 0 radical (unpaired) electrons. The highest BCUT2D eigenvalue weighted by Crippen LogP contribution is 2.16. The van der Waals surface area contributed by atoms with E-state index < -0.39 is 0 Å². The molecule has 0 aromatic heterocycles. The first-order valence-electron chi connectivity index (χ1n) is 3.15. The van der Waals surface area contributed by atoms with Crippen molar-refractivity contribution in [2.24, 2.45) is 11.8 Å². The summed E-state index contributed by atoms with van der Waals surface area (Å²) in [6.07, 6.45) is 8.71. The SMILES string of the molecule is C[C@@H]1C=CC=C[C@@H]1C. The Hall–Kier alpha value is -0.520. The minimum atomic E-state index is 0.736. The Morgan fingerprint density at radius 1 is 0.875 bits per heavy atom. The van der Waals surface area contributed by atoms with Crippen molar-refractivity contribution < 1.29 is 0 Å². The van der Waals surface area contributed by atoms with Crippen molar-refractivity contribution in [2.45, 2.75) is 13.8 Å². The first-order chi connectivity index (χ1) is 3.80. The van der Waals surface area contributed by atoms with Crippen molar-refractivity contribution in [1.29, 1.82) is 0 Å². The van der Waals surface area contributed by atoms with Gasteiger partial charge in [0.25, 0.3) is 0 Å². The molecule has 0 N–H and O–H groups in total. The predicted molar refractivity (Wildman–Crippen MR) is 36.6 cm³/mol. The second-order valence-electron chi connectivity index (χ2n) is 2.49. The van der Waals surface area contributed by atoms with Gasteiger partial charge in [0, 0.05) is 0 Å². The molecule has 0 spiro atoms. The summed E-state index contributed by atoms with van der Waals surface area (Å²) in [6, 6.07) is 0. The van der Waals surface area contributed by atoms with Gasteiger partial charge in [0.1, 0.15) is 0 Å². The fourth-order valence-electron chi connectivity index (χ4n) is 0.829. The maximum Gasteiger partial charge on any atom is -0.0198 e. The monoisotopic (exact) mass is 108 g/mol. The Morgan fingerprint density at radius 2 is 1.25 bits per heavy atom. The van der Waals surface area contributed by atoms with Gasteiger partial charge in [-0.1, -0.05) is 38.2 Å². The van der Waals surface area contributed by atoms with E-state index in [1.165, 1.54) is 0 Å². The van der Waals surface area contributed by atoms with Crippen LogP contribution in [0.2, 0.25) is 0 Å². The average Bonchev–Trinajstić information content (AvgIpc) is 1.77. The van der Waals surface area contributed by atoms with E-state index in [0.717, 1.165) is 11.8 Å². The molecule has 0 saturated heterocycles. The van der Waals surface area contributed by atoms with Crippen LogP contribution in [0.1, 0.15) is 13.8 Å². The lowest BCUT2D eigenvalue weighted by atomic mass is 9.92. The standard InChI is InChI=1S/C8H12/c1-7-5-3-4-6-8(7)2/h3-8H,1-2H3/t7-,8+. The summed E-state index contributed by atoms with van der Waals surface area (Å²) in [4.78, 5) is 0. The van der Waals surface area contributed by atoms with E-state index in [1.807, 2.05) is 0 Å². The Balaban J connectivity index is 2.59. The molecule has 44 valence electrons. The Bertz CT molecular complexity index is 104. The summed E-state index contributed by atoms with van der Waals surface area (Å²) in [5, 5.41) is 0. The minimum Gasteiger partial charge on any atom is -0.0811 e. The molecule has 0 fully saturated rings. The third-order valence-corrected chi connectivity index (χ3v) is 1.77. The summed E-state index contributed by atoms with van der Waals surface area (Å²) in [6.45, 7) is 4.48. The van der Waals surface area contributed by atoms with Crippen LogP contribution in [0.25, 0.3) is 0 Å². The molecule has 0 heterocycles. The van der Waals surface area contributed by atoms with E-state index in [9.17, 15) is 0 Å². The van der Waals surface area contributed by atoms with E-state index >= 15 is 0 Å². The highest BCUT2D eigenvalue weighted by Gasteiger charge is 2.05. The van der Waals surface area contributed by atoms with Crippen LogP contribution >= 0.6 is 0 Å². The molecule has 0 saturated carbocycles. The van der Waals surface area contributed by atoms with E-state index in [1.54, 1.807) is 0 Å². The summed E-state index contributed by atoms with van der Waals surface area (Å²) >= 11 is 0. The molecule has 0 heteroatoms. The van der Waals surface area contributed by atoms with Gasteiger partial charge in [-0.3, -0.25) is 0 Å². The normalized spacial score (nSPS) is 35.8. The van der Waals surface area contributed by atoms with Gasteiger partial charge in [-0.15, -0.1) is 0 Å². The average molecular weight is 108 g/mol. The topological polar surface area (TPSA) is 0 Å². The summed E-state index contributed by atoms with van der Waals surface area (Å²) in [5.74, 6) is 1.47. The quantitative estimate of drug-likeness (QED) is 0.447. The second kappa shape index (κ2) is 2.17. The summed E-state index contributed by atoms with van der Waals surface area (Å²) in [5.41, 5.74) is 0. The van der Waals surface area contributed by atoms with Crippen LogP contribution in [0, 0.1) is 11.8 Å². The fourth-order valence-corrected chi connectivity index (χ4v) is 0.829. The van der Waals surface area contributed by atoms with Crippen LogP contribution in [0.3, 0.4) is 0 Å². The van der Waals surface area contributed by atoms with Crippen molar-refractivity contribution in [2.75, 3.05) is 0 Å². The zero-order chi connectivity index (χ0) is 5.98. The fraction of sp³-hybridized carbons (Fsp3) is 0.500. The summed E-state index contributed by atoms with van der Waals surface area (Å²) in [7, 11) is 0. The van der Waals surface area contributed by atoms with Crippen LogP contribution in [0.4, 0.5) is 0 Å². The Kier molecular flexibility index (Phi) is 1.52. The summed E-state index contributed by atoms with van der Waals surface area (Å²) < 4.78 is 0. The van der Waals surface area contributed by atoms with Gasteiger partial charge in [0.15, 0.2) is 0 Å². The number of allylic oxidation sites excluding steroid dienone is 4. The maximum atomic E-state index is 2.24. The molecule has 1 rings (SSSR count). The molecule has 0 unspecified atom stereocenters. The highest BCUT2D eigenvalue weighted by atomic mass is 14.1. The van der Waals surface area contributed by atoms with Crippen molar-refractivity contribution in [3.05, 3.63) is 24.3 Å². The van der Waals surface area contributed by atoms with E-state index in [4.69, 9.17) is 0 Å². The highest BCUT2D eigenvalue weighted by molar-refractivity contribution is 5.12. The van der Waals surface area contributed by atoms with Gasteiger partial charge in [-0.2, -0.15) is 0 Å². The molecular weight excluding hydrogens is 96.1 g/mol. The van der Waals surface area contributed by atoms with Gasteiger partial charge in [0.05, 0.1) is 0 Å². The van der Waals surface area contributed by atoms with Gasteiger partial charge in [-0.25, -0.2) is 0 Å².